The number of alkyl halides is 4. The lowest BCUT2D eigenvalue weighted by Crippen LogP contribution is -2.34. The predicted octanol–water partition coefficient (Wildman–Crippen LogP) is 4.67. The second-order valence-electron chi connectivity index (χ2n) is 4.28. The summed E-state index contributed by atoms with van der Waals surface area (Å²) in [4.78, 5) is 1.38. The van der Waals surface area contributed by atoms with Crippen molar-refractivity contribution in [2.45, 2.75) is 31.8 Å². The zero-order chi connectivity index (χ0) is 13.8. The van der Waals surface area contributed by atoms with Crippen LogP contribution in [0.4, 0.5) is 18.9 Å². The molecule has 0 heterocycles. The minimum Gasteiger partial charge on any atom is -0.363 e. The Morgan fingerprint density at radius 3 is 2.39 bits per heavy atom. The molecule has 0 radical (unpaired) electrons. The lowest BCUT2D eigenvalue weighted by Gasteiger charge is -2.26. The zero-order valence-corrected chi connectivity index (χ0v) is 12.1. The third kappa shape index (κ3) is 4.52. The number of anilines is 1. The molecule has 1 rings (SSSR count). The summed E-state index contributed by atoms with van der Waals surface area (Å²) < 4.78 is 37.5. The Morgan fingerprint density at radius 2 is 1.94 bits per heavy atom. The van der Waals surface area contributed by atoms with Crippen LogP contribution in [0, 0.1) is 6.92 Å². The Hall–Kier alpha value is -0.710. The van der Waals surface area contributed by atoms with Crippen molar-refractivity contribution in [3.8, 4) is 0 Å². The Bertz CT molecular complexity index is 390. The van der Waals surface area contributed by atoms with Gasteiger partial charge in [-0.2, -0.15) is 13.2 Å². The van der Waals surface area contributed by atoms with Gasteiger partial charge >= 0.3 is 6.18 Å². The lowest BCUT2D eigenvalue weighted by molar-refractivity contribution is -0.119. The van der Waals surface area contributed by atoms with Gasteiger partial charge in [-0.1, -0.05) is 28.9 Å². The van der Waals surface area contributed by atoms with Crippen LogP contribution in [0.25, 0.3) is 0 Å². The molecule has 1 aromatic rings. The van der Waals surface area contributed by atoms with E-state index in [0.29, 0.717) is 24.0 Å². The molecule has 0 unspecified atom stereocenters. The van der Waals surface area contributed by atoms with Crippen LogP contribution < -0.4 is 4.90 Å². The molecule has 1 aromatic carbocycles. The summed E-state index contributed by atoms with van der Waals surface area (Å²) in [6.07, 6.45) is -3.48. The highest BCUT2D eigenvalue weighted by molar-refractivity contribution is 9.08. The summed E-state index contributed by atoms with van der Waals surface area (Å²) in [6, 6.07) is 5.45. The molecule has 0 atom stereocenters. The van der Waals surface area contributed by atoms with Crippen molar-refractivity contribution >= 4 is 21.6 Å². The van der Waals surface area contributed by atoms with Crippen LogP contribution in [-0.2, 0) is 5.33 Å². The summed E-state index contributed by atoms with van der Waals surface area (Å²) in [5, 5.41) is 0.714. The smallest absolute Gasteiger partial charge is 0.363 e. The number of benzene rings is 1. The van der Waals surface area contributed by atoms with Crippen molar-refractivity contribution in [2.24, 2.45) is 0 Å². The van der Waals surface area contributed by atoms with E-state index >= 15 is 0 Å². The van der Waals surface area contributed by atoms with E-state index in [4.69, 9.17) is 0 Å². The standard InChI is InChI=1S/C13H17BrF3N/c1-3-6-18(9-13(15,16)17)12-5-4-11(8-14)10(2)7-12/h4-5,7H,3,6,8-9H2,1-2H3. The van der Waals surface area contributed by atoms with Crippen molar-refractivity contribution in [3.05, 3.63) is 29.3 Å². The van der Waals surface area contributed by atoms with Gasteiger partial charge in [0.25, 0.3) is 0 Å². The highest BCUT2D eigenvalue weighted by Crippen LogP contribution is 2.25. The molecule has 0 bridgehead atoms. The molecule has 0 fully saturated rings. The SMILES string of the molecule is CCCN(CC(F)(F)F)c1ccc(CBr)c(C)c1. The monoisotopic (exact) mass is 323 g/mol. The number of aryl methyl sites for hydroxylation is 1. The molecular weight excluding hydrogens is 307 g/mol. The quantitative estimate of drug-likeness (QED) is 0.712. The second kappa shape index (κ2) is 6.45. The third-order valence-electron chi connectivity index (χ3n) is 2.70. The van der Waals surface area contributed by atoms with E-state index < -0.39 is 12.7 Å². The molecule has 0 aliphatic carbocycles. The van der Waals surface area contributed by atoms with Crippen molar-refractivity contribution in [1.29, 1.82) is 0 Å². The minimum absolute atomic E-state index is 0.409. The van der Waals surface area contributed by atoms with Gasteiger partial charge in [0.15, 0.2) is 0 Å². The van der Waals surface area contributed by atoms with Gasteiger partial charge in [0.05, 0.1) is 0 Å². The summed E-state index contributed by atoms with van der Waals surface area (Å²) in [5.41, 5.74) is 2.74. The average molecular weight is 324 g/mol. The Morgan fingerprint density at radius 1 is 1.28 bits per heavy atom. The molecular formula is C13H17BrF3N. The molecule has 0 saturated heterocycles. The van der Waals surface area contributed by atoms with Gasteiger partial charge in [0, 0.05) is 17.6 Å². The highest BCUT2D eigenvalue weighted by Gasteiger charge is 2.30. The first-order chi connectivity index (χ1) is 8.37. The molecule has 0 spiro atoms. The fraction of sp³-hybridized carbons (Fsp3) is 0.538. The summed E-state index contributed by atoms with van der Waals surface area (Å²) in [7, 11) is 0. The van der Waals surface area contributed by atoms with Crippen LogP contribution in [0.15, 0.2) is 18.2 Å². The second-order valence-corrected chi connectivity index (χ2v) is 4.84. The minimum atomic E-state index is -4.17. The van der Waals surface area contributed by atoms with E-state index in [9.17, 15) is 13.2 Å². The van der Waals surface area contributed by atoms with E-state index in [-0.39, 0.29) is 0 Å². The number of hydrogen-bond acceptors (Lipinski definition) is 1. The van der Waals surface area contributed by atoms with Crippen LogP contribution >= 0.6 is 15.9 Å². The molecule has 102 valence electrons. The lowest BCUT2D eigenvalue weighted by atomic mass is 10.1. The molecule has 0 aliphatic heterocycles. The van der Waals surface area contributed by atoms with E-state index in [1.807, 2.05) is 26.0 Å². The molecule has 0 N–H and O–H groups in total. The fourth-order valence-corrected chi connectivity index (χ4v) is 2.44. The van der Waals surface area contributed by atoms with Gasteiger partial charge in [0.2, 0.25) is 0 Å². The third-order valence-corrected chi connectivity index (χ3v) is 3.30. The van der Waals surface area contributed by atoms with E-state index in [0.717, 1.165) is 11.1 Å². The largest absolute Gasteiger partial charge is 0.405 e. The first-order valence-electron chi connectivity index (χ1n) is 5.84. The summed E-state index contributed by atoms with van der Waals surface area (Å²) in [5.74, 6) is 0. The number of halogens is 4. The Balaban J connectivity index is 2.95. The maximum atomic E-state index is 12.5. The maximum Gasteiger partial charge on any atom is 0.405 e. The predicted molar refractivity (Wildman–Crippen MR) is 72.4 cm³/mol. The van der Waals surface area contributed by atoms with Gasteiger partial charge in [-0.15, -0.1) is 0 Å². The molecule has 1 nitrogen and oxygen atoms in total. The van der Waals surface area contributed by atoms with Gasteiger partial charge < -0.3 is 4.90 Å². The first-order valence-corrected chi connectivity index (χ1v) is 6.96. The normalized spacial score (nSPS) is 11.7. The van der Waals surface area contributed by atoms with Gasteiger partial charge in [0.1, 0.15) is 6.54 Å². The van der Waals surface area contributed by atoms with Crippen LogP contribution in [0.1, 0.15) is 24.5 Å². The zero-order valence-electron chi connectivity index (χ0n) is 10.5. The Labute approximate surface area is 114 Å². The summed E-state index contributed by atoms with van der Waals surface area (Å²) >= 11 is 3.36. The highest BCUT2D eigenvalue weighted by atomic mass is 79.9. The van der Waals surface area contributed by atoms with E-state index in [2.05, 4.69) is 15.9 Å². The van der Waals surface area contributed by atoms with Crippen molar-refractivity contribution in [3.63, 3.8) is 0 Å². The van der Waals surface area contributed by atoms with E-state index in [1.54, 1.807) is 6.07 Å². The average Bonchev–Trinajstić information content (AvgIpc) is 2.26. The van der Waals surface area contributed by atoms with Crippen molar-refractivity contribution in [1.82, 2.24) is 0 Å². The van der Waals surface area contributed by atoms with Gasteiger partial charge in [-0.3, -0.25) is 0 Å². The first kappa shape index (κ1) is 15.3. The number of rotatable bonds is 5. The topological polar surface area (TPSA) is 3.24 Å². The van der Waals surface area contributed by atoms with Crippen molar-refractivity contribution in [2.75, 3.05) is 18.0 Å². The molecule has 0 aromatic heterocycles. The van der Waals surface area contributed by atoms with Gasteiger partial charge in [-0.05, 0) is 36.6 Å². The van der Waals surface area contributed by atoms with Crippen LogP contribution in [0.5, 0.6) is 0 Å². The van der Waals surface area contributed by atoms with E-state index in [1.165, 1.54) is 4.90 Å². The fourth-order valence-electron chi connectivity index (χ4n) is 1.81. The molecule has 0 aliphatic rings. The number of hydrogen-bond donors (Lipinski definition) is 0. The molecule has 0 amide bonds. The van der Waals surface area contributed by atoms with Crippen LogP contribution in [0.2, 0.25) is 0 Å². The molecule has 18 heavy (non-hydrogen) atoms. The molecule has 0 saturated carbocycles. The number of nitrogens with zero attached hydrogens (tertiary/aromatic N) is 1. The molecule has 5 heteroatoms. The van der Waals surface area contributed by atoms with Crippen LogP contribution in [-0.4, -0.2) is 19.3 Å². The Kier molecular flexibility index (Phi) is 5.50. The van der Waals surface area contributed by atoms with Crippen molar-refractivity contribution < 1.29 is 13.2 Å². The van der Waals surface area contributed by atoms with Crippen LogP contribution in [0.3, 0.4) is 0 Å². The summed E-state index contributed by atoms with van der Waals surface area (Å²) in [6.45, 7) is 3.31. The maximum absolute atomic E-state index is 12.5. The van der Waals surface area contributed by atoms with Gasteiger partial charge in [-0.25, -0.2) is 0 Å².